The lowest BCUT2D eigenvalue weighted by molar-refractivity contribution is -0.424. The molecule has 1 rings (SSSR count). The topological polar surface area (TPSA) is 89.5 Å². The first-order valence-electron chi connectivity index (χ1n) is 11.2. The zero-order chi connectivity index (χ0) is 24.5. The van der Waals surface area contributed by atoms with Gasteiger partial charge >= 0.3 is 6.16 Å². The summed E-state index contributed by atoms with van der Waals surface area (Å²) < 4.78 is 10.1. The SMILES string of the molecule is CCC(=O)c1ccccc1.CCCCOOC(C)(C)OC(=O)OC(C)(C)OOCCCC. The molecule has 1 aromatic rings. The van der Waals surface area contributed by atoms with Crippen LogP contribution in [-0.4, -0.2) is 36.7 Å². The quantitative estimate of drug-likeness (QED) is 0.0794. The van der Waals surface area contributed by atoms with Crippen molar-refractivity contribution in [3.63, 3.8) is 0 Å². The zero-order valence-corrected chi connectivity index (χ0v) is 20.6. The van der Waals surface area contributed by atoms with Crippen molar-refractivity contribution in [3.8, 4) is 0 Å². The second-order valence-corrected chi connectivity index (χ2v) is 7.91. The number of ketones is 1. The lowest BCUT2D eigenvalue weighted by Crippen LogP contribution is -2.37. The van der Waals surface area contributed by atoms with Crippen LogP contribution in [0.2, 0.25) is 0 Å². The standard InChI is InChI=1S/C15H30O7.C9H10O/c1-7-9-11-17-21-14(3,4)19-13(16)20-15(5,6)22-18-12-10-8-2;1-2-9(10)8-6-4-3-5-7-8/h7-12H2,1-6H3;3-7H,2H2,1H3. The first-order valence-corrected chi connectivity index (χ1v) is 11.2. The molecule has 0 saturated heterocycles. The number of ether oxygens (including phenoxy) is 2. The minimum Gasteiger partial charge on any atom is -0.399 e. The Balaban J connectivity index is 0.000000792. The maximum atomic E-state index is 11.7. The number of Topliss-reactive ketones (excluding diaryl/α,β-unsaturated/α-hetero) is 1. The van der Waals surface area contributed by atoms with Crippen LogP contribution in [0, 0.1) is 0 Å². The van der Waals surface area contributed by atoms with E-state index in [4.69, 9.17) is 29.0 Å². The molecule has 32 heavy (non-hydrogen) atoms. The van der Waals surface area contributed by atoms with Crippen LogP contribution < -0.4 is 0 Å². The van der Waals surface area contributed by atoms with E-state index in [0.717, 1.165) is 31.2 Å². The summed E-state index contributed by atoms with van der Waals surface area (Å²) >= 11 is 0. The van der Waals surface area contributed by atoms with E-state index in [1.54, 1.807) is 27.7 Å². The molecule has 8 nitrogen and oxygen atoms in total. The fourth-order valence-electron chi connectivity index (χ4n) is 2.06. The lowest BCUT2D eigenvalue weighted by atomic mass is 10.1. The van der Waals surface area contributed by atoms with E-state index in [1.807, 2.05) is 51.1 Å². The smallest absolute Gasteiger partial charge is 0.399 e. The highest BCUT2D eigenvalue weighted by molar-refractivity contribution is 5.95. The van der Waals surface area contributed by atoms with Crippen molar-refractivity contribution in [1.82, 2.24) is 0 Å². The molecule has 184 valence electrons. The highest BCUT2D eigenvalue weighted by Crippen LogP contribution is 2.18. The van der Waals surface area contributed by atoms with Crippen LogP contribution in [-0.2, 0) is 29.0 Å². The Hall–Kier alpha value is -2.00. The number of benzene rings is 1. The Morgan fingerprint density at radius 1 is 0.750 bits per heavy atom. The van der Waals surface area contributed by atoms with Gasteiger partial charge in [-0.15, -0.1) is 0 Å². The van der Waals surface area contributed by atoms with E-state index in [1.165, 1.54) is 0 Å². The van der Waals surface area contributed by atoms with Crippen molar-refractivity contribution in [3.05, 3.63) is 35.9 Å². The first-order chi connectivity index (χ1) is 15.1. The maximum absolute atomic E-state index is 11.7. The van der Waals surface area contributed by atoms with Crippen LogP contribution >= 0.6 is 0 Å². The average Bonchev–Trinajstić information content (AvgIpc) is 2.74. The summed E-state index contributed by atoms with van der Waals surface area (Å²) in [5.41, 5.74) is 0.810. The average molecular weight is 457 g/mol. The highest BCUT2D eigenvalue weighted by Gasteiger charge is 2.32. The van der Waals surface area contributed by atoms with Crippen molar-refractivity contribution in [2.75, 3.05) is 13.2 Å². The van der Waals surface area contributed by atoms with Gasteiger partial charge in [0, 0.05) is 39.7 Å². The van der Waals surface area contributed by atoms with Crippen LogP contribution in [0.4, 0.5) is 4.79 Å². The maximum Gasteiger partial charge on any atom is 0.513 e. The third-order valence-corrected chi connectivity index (χ3v) is 3.76. The number of hydrogen-bond acceptors (Lipinski definition) is 8. The molecule has 0 aromatic heterocycles. The fraction of sp³-hybridized carbons (Fsp3) is 0.667. The van der Waals surface area contributed by atoms with Gasteiger partial charge in [-0.3, -0.25) is 4.79 Å². The summed E-state index contributed by atoms with van der Waals surface area (Å²) in [6.45, 7) is 13.0. The lowest BCUT2D eigenvalue weighted by Gasteiger charge is -2.27. The van der Waals surface area contributed by atoms with E-state index in [-0.39, 0.29) is 5.78 Å². The molecule has 0 saturated carbocycles. The first kappa shape index (κ1) is 30.0. The number of rotatable bonds is 14. The largest absolute Gasteiger partial charge is 0.513 e. The summed E-state index contributed by atoms with van der Waals surface area (Å²) in [5, 5.41) is 0. The number of unbranched alkanes of at least 4 members (excludes halogenated alkanes) is 2. The van der Waals surface area contributed by atoms with Gasteiger partial charge in [0.2, 0.25) is 11.6 Å². The van der Waals surface area contributed by atoms with Crippen molar-refractivity contribution in [2.24, 2.45) is 0 Å². The Labute approximate surface area is 192 Å². The van der Waals surface area contributed by atoms with E-state index in [2.05, 4.69) is 0 Å². The third kappa shape index (κ3) is 15.8. The van der Waals surface area contributed by atoms with Crippen molar-refractivity contribution >= 4 is 11.9 Å². The van der Waals surface area contributed by atoms with E-state index >= 15 is 0 Å². The molecule has 0 radical (unpaired) electrons. The normalized spacial score (nSPS) is 11.3. The second-order valence-electron chi connectivity index (χ2n) is 7.91. The molecule has 0 unspecified atom stereocenters. The van der Waals surface area contributed by atoms with E-state index < -0.39 is 17.7 Å². The summed E-state index contributed by atoms with van der Waals surface area (Å²) in [5.74, 6) is -2.31. The Morgan fingerprint density at radius 3 is 1.56 bits per heavy atom. The number of carbonyl (C=O) groups excluding carboxylic acids is 2. The predicted molar refractivity (Wildman–Crippen MR) is 121 cm³/mol. The van der Waals surface area contributed by atoms with Crippen molar-refractivity contribution in [2.45, 2.75) is 92.1 Å². The van der Waals surface area contributed by atoms with Crippen LogP contribution in [0.5, 0.6) is 0 Å². The summed E-state index contributed by atoms with van der Waals surface area (Å²) in [7, 11) is 0. The van der Waals surface area contributed by atoms with Gasteiger partial charge in [-0.25, -0.2) is 14.6 Å². The van der Waals surface area contributed by atoms with Crippen LogP contribution in [0.3, 0.4) is 0 Å². The van der Waals surface area contributed by atoms with Gasteiger partial charge in [-0.1, -0.05) is 63.9 Å². The second kappa shape index (κ2) is 16.6. The van der Waals surface area contributed by atoms with E-state index in [9.17, 15) is 9.59 Å². The monoisotopic (exact) mass is 456 g/mol. The Kier molecular flexibility index (Phi) is 15.6. The number of hydrogen-bond donors (Lipinski definition) is 0. The van der Waals surface area contributed by atoms with Crippen LogP contribution in [0.15, 0.2) is 30.3 Å². The molecule has 0 aliphatic carbocycles. The molecule has 0 spiro atoms. The van der Waals surface area contributed by atoms with Crippen LogP contribution in [0.1, 0.15) is 90.9 Å². The van der Waals surface area contributed by atoms with Crippen molar-refractivity contribution < 1.29 is 38.6 Å². The van der Waals surface area contributed by atoms with E-state index in [0.29, 0.717) is 19.6 Å². The minimum absolute atomic E-state index is 0.209. The molecule has 8 heteroatoms. The molecule has 0 bridgehead atoms. The van der Waals surface area contributed by atoms with Crippen molar-refractivity contribution in [1.29, 1.82) is 0 Å². The molecule has 0 atom stereocenters. The molecule has 0 N–H and O–H groups in total. The van der Waals surface area contributed by atoms with Gasteiger partial charge in [0.15, 0.2) is 5.78 Å². The molecule has 0 amide bonds. The van der Waals surface area contributed by atoms with Gasteiger partial charge in [-0.05, 0) is 12.8 Å². The van der Waals surface area contributed by atoms with Gasteiger partial charge in [0.05, 0.1) is 13.2 Å². The molecule has 1 aromatic carbocycles. The van der Waals surface area contributed by atoms with Gasteiger partial charge in [0.1, 0.15) is 0 Å². The van der Waals surface area contributed by atoms with Gasteiger partial charge < -0.3 is 9.47 Å². The Morgan fingerprint density at radius 2 is 1.19 bits per heavy atom. The summed E-state index contributed by atoms with van der Waals surface area (Å²) in [4.78, 5) is 42.8. The molecule has 0 heterocycles. The zero-order valence-electron chi connectivity index (χ0n) is 20.6. The van der Waals surface area contributed by atoms with Crippen LogP contribution in [0.25, 0.3) is 0 Å². The molecule has 0 aliphatic heterocycles. The van der Waals surface area contributed by atoms with Gasteiger partial charge in [0.25, 0.3) is 0 Å². The number of carbonyl (C=O) groups is 2. The highest BCUT2D eigenvalue weighted by atomic mass is 17.2. The van der Waals surface area contributed by atoms with Gasteiger partial charge in [-0.2, -0.15) is 9.78 Å². The summed E-state index contributed by atoms with van der Waals surface area (Å²) in [6.07, 6.45) is 3.33. The minimum atomic E-state index is -1.26. The fourth-order valence-corrected chi connectivity index (χ4v) is 2.06. The third-order valence-electron chi connectivity index (χ3n) is 3.76. The molecule has 0 aliphatic rings. The Bertz CT molecular complexity index is 600. The molecular weight excluding hydrogens is 416 g/mol. The summed E-state index contributed by atoms with van der Waals surface area (Å²) in [6, 6.07) is 9.34. The molecular formula is C24H40O8. The molecule has 0 fully saturated rings. The predicted octanol–water partition coefficient (Wildman–Crippen LogP) is 6.39.